The van der Waals surface area contributed by atoms with Crippen LogP contribution in [0.3, 0.4) is 0 Å². The second-order valence-corrected chi connectivity index (χ2v) is 4.94. The van der Waals surface area contributed by atoms with Crippen molar-refractivity contribution in [2.24, 2.45) is 0 Å². The highest BCUT2D eigenvalue weighted by atomic mass is 32.2. The molecule has 0 radical (unpaired) electrons. The lowest BCUT2D eigenvalue weighted by molar-refractivity contribution is -0.129. The minimum atomic E-state index is -0.320. The fraction of sp³-hybridized carbons (Fsp3) is 0.462. The van der Waals surface area contributed by atoms with Crippen LogP contribution in [0.5, 0.6) is 0 Å². The third-order valence-corrected chi connectivity index (χ3v) is 3.52. The second kappa shape index (κ2) is 6.78. The summed E-state index contributed by atoms with van der Waals surface area (Å²) < 4.78 is 16.1. The number of carbonyl (C=O) groups excluding carboxylic acids is 1. The molecule has 4 nitrogen and oxygen atoms in total. The van der Waals surface area contributed by atoms with Crippen molar-refractivity contribution in [2.45, 2.75) is 18.6 Å². The Labute approximate surface area is 111 Å². The van der Waals surface area contributed by atoms with Gasteiger partial charge in [-0.1, -0.05) is 18.2 Å². The Balaban J connectivity index is 1.74. The number of hydrogen-bond acceptors (Lipinski definition) is 5. The summed E-state index contributed by atoms with van der Waals surface area (Å²) in [5, 5.41) is 0. The molecule has 0 saturated carbocycles. The van der Waals surface area contributed by atoms with E-state index in [0.717, 1.165) is 5.75 Å². The van der Waals surface area contributed by atoms with E-state index in [-0.39, 0.29) is 24.3 Å². The number of rotatable bonds is 5. The normalized spacial score (nSPS) is 22.9. The Hall–Kier alpha value is -1.04. The first-order valence-electron chi connectivity index (χ1n) is 5.90. The summed E-state index contributed by atoms with van der Waals surface area (Å²) in [5.41, 5.74) is 0.427. The Morgan fingerprint density at radius 1 is 1.44 bits per heavy atom. The number of benzene rings is 1. The van der Waals surface area contributed by atoms with Crippen LogP contribution in [0.15, 0.2) is 30.3 Å². The molecule has 1 aliphatic heterocycles. The SMILES string of the molecule is CCO[C@H]1CS[C@H](COC(=O)c2ccccc2)O1. The standard InChI is InChI=1S/C13H16O4S/c1-2-15-11-9-18-12(17-11)8-16-13(14)10-6-4-3-5-7-10/h3-7,11-12H,2,8-9H2,1H3/t11-,12-/m1/s1. The molecule has 0 aliphatic carbocycles. The molecule has 0 spiro atoms. The van der Waals surface area contributed by atoms with Gasteiger partial charge in [0.15, 0.2) is 6.29 Å². The highest BCUT2D eigenvalue weighted by Crippen LogP contribution is 2.26. The van der Waals surface area contributed by atoms with Crippen molar-refractivity contribution in [1.29, 1.82) is 0 Å². The summed E-state index contributed by atoms with van der Waals surface area (Å²) >= 11 is 1.60. The summed E-state index contributed by atoms with van der Waals surface area (Å²) in [6, 6.07) is 8.94. The average molecular weight is 268 g/mol. The summed E-state index contributed by atoms with van der Waals surface area (Å²) in [4.78, 5) is 11.7. The number of carbonyl (C=O) groups is 1. The van der Waals surface area contributed by atoms with Crippen molar-refractivity contribution in [3.05, 3.63) is 35.9 Å². The lowest BCUT2D eigenvalue weighted by Crippen LogP contribution is -2.20. The van der Waals surface area contributed by atoms with E-state index in [4.69, 9.17) is 14.2 Å². The van der Waals surface area contributed by atoms with Gasteiger partial charge < -0.3 is 14.2 Å². The third kappa shape index (κ3) is 3.73. The minimum absolute atomic E-state index is 0.130. The molecule has 2 rings (SSSR count). The molecule has 1 heterocycles. The zero-order valence-electron chi connectivity index (χ0n) is 10.2. The number of hydrogen-bond donors (Lipinski definition) is 0. The van der Waals surface area contributed by atoms with Crippen LogP contribution in [0.4, 0.5) is 0 Å². The molecular formula is C13H16O4S. The molecule has 1 aromatic carbocycles. The van der Waals surface area contributed by atoms with Crippen molar-refractivity contribution < 1.29 is 19.0 Å². The molecule has 0 aromatic heterocycles. The molecule has 5 heteroatoms. The highest BCUT2D eigenvalue weighted by Gasteiger charge is 2.27. The van der Waals surface area contributed by atoms with E-state index in [1.165, 1.54) is 0 Å². The van der Waals surface area contributed by atoms with Gasteiger partial charge in [-0.2, -0.15) is 0 Å². The molecule has 1 aliphatic rings. The van der Waals surface area contributed by atoms with Crippen molar-refractivity contribution in [1.82, 2.24) is 0 Å². The van der Waals surface area contributed by atoms with Crippen LogP contribution in [0.1, 0.15) is 17.3 Å². The number of esters is 1. The first-order chi connectivity index (χ1) is 8.79. The van der Waals surface area contributed by atoms with Gasteiger partial charge in [0.1, 0.15) is 12.0 Å². The van der Waals surface area contributed by atoms with Crippen LogP contribution < -0.4 is 0 Å². The number of ether oxygens (including phenoxy) is 3. The first-order valence-corrected chi connectivity index (χ1v) is 6.95. The molecule has 1 fully saturated rings. The maximum absolute atomic E-state index is 11.7. The smallest absolute Gasteiger partial charge is 0.338 e. The zero-order chi connectivity index (χ0) is 12.8. The Morgan fingerprint density at radius 2 is 2.22 bits per heavy atom. The second-order valence-electron chi connectivity index (χ2n) is 3.75. The van der Waals surface area contributed by atoms with Crippen LogP contribution in [0.2, 0.25) is 0 Å². The van der Waals surface area contributed by atoms with Gasteiger partial charge in [0.05, 0.1) is 5.56 Å². The van der Waals surface area contributed by atoms with Gasteiger partial charge in [-0.15, -0.1) is 11.8 Å². The lowest BCUT2D eigenvalue weighted by atomic mass is 10.2. The van der Waals surface area contributed by atoms with Crippen molar-refractivity contribution >= 4 is 17.7 Å². The molecule has 98 valence electrons. The molecular weight excluding hydrogens is 252 g/mol. The van der Waals surface area contributed by atoms with E-state index < -0.39 is 0 Å². The van der Waals surface area contributed by atoms with E-state index >= 15 is 0 Å². The summed E-state index contributed by atoms with van der Waals surface area (Å²) in [6.07, 6.45) is -0.180. The van der Waals surface area contributed by atoms with Gasteiger partial charge in [0.2, 0.25) is 0 Å². The first kappa shape index (κ1) is 13.4. The molecule has 1 saturated heterocycles. The Morgan fingerprint density at radius 3 is 2.94 bits per heavy atom. The molecule has 2 atom stereocenters. The average Bonchev–Trinajstić information content (AvgIpc) is 2.85. The van der Waals surface area contributed by atoms with Crippen LogP contribution in [-0.4, -0.2) is 36.7 Å². The molecule has 0 N–H and O–H groups in total. The third-order valence-electron chi connectivity index (χ3n) is 2.43. The Kier molecular flexibility index (Phi) is 5.04. The quantitative estimate of drug-likeness (QED) is 0.767. The van der Waals surface area contributed by atoms with E-state index in [1.807, 2.05) is 25.1 Å². The predicted molar refractivity (Wildman–Crippen MR) is 69.5 cm³/mol. The fourth-order valence-electron chi connectivity index (χ4n) is 1.60. The predicted octanol–water partition coefficient (Wildman–Crippen LogP) is 2.30. The van der Waals surface area contributed by atoms with E-state index in [1.54, 1.807) is 23.9 Å². The van der Waals surface area contributed by atoms with Crippen LogP contribution in [0, 0.1) is 0 Å². The lowest BCUT2D eigenvalue weighted by Gasteiger charge is -2.12. The molecule has 0 amide bonds. The van der Waals surface area contributed by atoms with Gasteiger partial charge in [0, 0.05) is 12.4 Å². The van der Waals surface area contributed by atoms with Crippen LogP contribution in [-0.2, 0) is 14.2 Å². The van der Waals surface area contributed by atoms with Gasteiger partial charge in [0.25, 0.3) is 0 Å². The fourth-order valence-corrected chi connectivity index (χ4v) is 2.51. The highest BCUT2D eigenvalue weighted by molar-refractivity contribution is 8.00. The van der Waals surface area contributed by atoms with Gasteiger partial charge in [-0.25, -0.2) is 4.79 Å². The zero-order valence-corrected chi connectivity index (χ0v) is 11.0. The summed E-state index contributed by atoms with van der Waals surface area (Å²) in [7, 11) is 0. The molecule has 0 unspecified atom stereocenters. The van der Waals surface area contributed by atoms with E-state index in [2.05, 4.69) is 0 Å². The number of thioether (sulfide) groups is 1. The van der Waals surface area contributed by atoms with Crippen molar-refractivity contribution in [2.75, 3.05) is 19.0 Å². The van der Waals surface area contributed by atoms with Crippen molar-refractivity contribution in [3.8, 4) is 0 Å². The van der Waals surface area contributed by atoms with Crippen LogP contribution >= 0.6 is 11.8 Å². The Bertz CT molecular complexity index is 382. The van der Waals surface area contributed by atoms with Gasteiger partial charge in [-0.3, -0.25) is 0 Å². The minimum Gasteiger partial charge on any atom is -0.458 e. The molecule has 0 bridgehead atoms. The molecule has 1 aromatic rings. The topological polar surface area (TPSA) is 44.8 Å². The monoisotopic (exact) mass is 268 g/mol. The maximum Gasteiger partial charge on any atom is 0.338 e. The van der Waals surface area contributed by atoms with Crippen LogP contribution in [0.25, 0.3) is 0 Å². The largest absolute Gasteiger partial charge is 0.458 e. The summed E-state index contributed by atoms with van der Waals surface area (Å²) in [6.45, 7) is 2.81. The van der Waals surface area contributed by atoms with Crippen molar-refractivity contribution in [3.63, 3.8) is 0 Å². The van der Waals surface area contributed by atoms with Gasteiger partial charge >= 0.3 is 5.97 Å². The van der Waals surface area contributed by atoms with E-state index in [9.17, 15) is 4.79 Å². The van der Waals surface area contributed by atoms with Gasteiger partial charge in [-0.05, 0) is 19.1 Å². The summed E-state index contributed by atoms with van der Waals surface area (Å²) in [5.74, 6) is 0.459. The molecule has 18 heavy (non-hydrogen) atoms. The van der Waals surface area contributed by atoms with E-state index in [0.29, 0.717) is 12.2 Å². The maximum atomic E-state index is 11.7.